The van der Waals surface area contributed by atoms with Gasteiger partial charge in [0.1, 0.15) is 0 Å². The van der Waals surface area contributed by atoms with Crippen LogP contribution in [0.3, 0.4) is 0 Å². The van der Waals surface area contributed by atoms with Crippen LogP contribution in [-0.2, 0) is 11.2 Å². The molecule has 0 aliphatic carbocycles. The molecule has 0 saturated carbocycles. The second-order valence-electron chi connectivity index (χ2n) is 5.74. The van der Waals surface area contributed by atoms with E-state index in [2.05, 4.69) is 41.1 Å². The van der Waals surface area contributed by atoms with E-state index >= 15 is 0 Å². The zero-order chi connectivity index (χ0) is 15.4. The number of piperazine rings is 1. The number of nitrogens with zero attached hydrogens (tertiary/aromatic N) is 3. The van der Waals surface area contributed by atoms with Crippen LogP contribution in [0.1, 0.15) is 11.1 Å². The Balaban J connectivity index is 1.56. The molecule has 1 aromatic carbocycles. The maximum atomic E-state index is 12.3. The molecule has 1 amide bonds. The van der Waals surface area contributed by atoms with Gasteiger partial charge in [0.2, 0.25) is 5.91 Å². The largest absolute Gasteiger partial charge is 0.368 e. The van der Waals surface area contributed by atoms with Gasteiger partial charge in [-0.3, -0.25) is 9.78 Å². The summed E-state index contributed by atoms with van der Waals surface area (Å²) in [7, 11) is 0. The van der Waals surface area contributed by atoms with Crippen LogP contribution in [0.5, 0.6) is 0 Å². The van der Waals surface area contributed by atoms with Crippen LogP contribution in [0.2, 0.25) is 0 Å². The molecule has 1 aromatic heterocycles. The van der Waals surface area contributed by atoms with E-state index in [1.54, 1.807) is 12.4 Å². The summed E-state index contributed by atoms with van der Waals surface area (Å²) in [6.45, 7) is 5.46. The minimum absolute atomic E-state index is 0.192. The third-order valence-electron chi connectivity index (χ3n) is 4.08. The van der Waals surface area contributed by atoms with Crippen molar-refractivity contribution in [2.75, 3.05) is 31.1 Å². The van der Waals surface area contributed by atoms with E-state index < -0.39 is 0 Å². The fourth-order valence-corrected chi connectivity index (χ4v) is 2.83. The zero-order valence-corrected chi connectivity index (χ0v) is 12.9. The van der Waals surface area contributed by atoms with Crippen LogP contribution >= 0.6 is 0 Å². The van der Waals surface area contributed by atoms with Crippen LogP contribution in [-0.4, -0.2) is 42.0 Å². The van der Waals surface area contributed by atoms with Crippen molar-refractivity contribution in [1.82, 2.24) is 9.88 Å². The van der Waals surface area contributed by atoms with Crippen molar-refractivity contribution in [2.24, 2.45) is 0 Å². The van der Waals surface area contributed by atoms with Crippen molar-refractivity contribution in [3.05, 3.63) is 59.9 Å². The minimum Gasteiger partial charge on any atom is -0.368 e. The molecule has 1 aliphatic rings. The Morgan fingerprint density at radius 2 is 1.95 bits per heavy atom. The van der Waals surface area contributed by atoms with Gasteiger partial charge in [-0.15, -0.1) is 0 Å². The highest BCUT2D eigenvalue weighted by Gasteiger charge is 2.21. The fourth-order valence-electron chi connectivity index (χ4n) is 2.83. The molecule has 4 nitrogen and oxygen atoms in total. The van der Waals surface area contributed by atoms with Gasteiger partial charge < -0.3 is 9.80 Å². The van der Waals surface area contributed by atoms with Crippen LogP contribution in [0.15, 0.2) is 48.8 Å². The number of amides is 1. The average molecular weight is 295 g/mol. The average Bonchev–Trinajstić information content (AvgIpc) is 2.56. The lowest BCUT2D eigenvalue weighted by molar-refractivity contribution is -0.130. The SMILES string of the molecule is Cc1cccc(N2CCN(C(=O)Cc3cccnc3)CC2)c1. The van der Waals surface area contributed by atoms with Crippen LogP contribution < -0.4 is 4.90 Å². The molecular formula is C18H21N3O. The molecule has 0 N–H and O–H groups in total. The van der Waals surface area contributed by atoms with Gasteiger partial charge in [0.05, 0.1) is 6.42 Å². The van der Waals surface area contributed by atoms with Crippen molar-refractivity contribution in [1.29, 1.82) is 0 Å². The Morgan fingerprint density at radius 3 is 2.64 bits per heavy atom. The third-order valence-corrected chi connectivity index (χ3v) is 4.08. The molecule has 1 fully saturated rings. The normalized spacial score (nSPS) is 15.0. The van der Waals surface area contributed by atoms with E-state index in [-0.39, 0.29) is 5.91 Å². The lowest BCUT2D eigenvalue weighted by Crippen LogP contribution is -2.49. The van der Waals surface area contributed by atoms with E-state index in [0.29, 0.717) is 6.42 Å². The molecule has 1 saturated heterocycles. The molecule has 3 rings (SSSR count). The number of benzene rings is 1. The molecule has 114 valence electrons. The highest BCUT2D eigenvalue weighted by Crippen LogP contribution is 2.18. The van der Waals surface area contributed by atoms with Gasteiger partial charge in [-0.1, -0.05) is 18.2 Å². The molecule has 0 bridgehead atoms. The number of carbonyl (C=O) groups is 1. The summed E-state index contributed by atoms with van der Waals surface area (Å²) in [5, 5.41) is 0. The van der Waals surface area contributed by atoms with Gasteiger partial charge in [0.25, 0.3) is 0 Å². The quantitative estimate of drug-likeness (QED) is 0.871. The van der Waals surface area contributed by atoms with Crippen LogP contribution in [0.25, 0.3) is 0 Å². The van der Waals surface area contributed by atoms with Gasteiger partial charge >= 0.3 is 0 Å². The number of pyridine rings is 1. The van der Waals surface area contributed by atoms with E-state index in [1.807, 2.05) is 17.0 Å². The number of anilines is 1. The topological polar surface area (TPSA) is 36.4 Å². The van der Waals surface area contributed by atoms with Crippen molar-refractivity contribution < 1.29 is 4.79 Å². The summed E-state index contributed by atoms with van der Waals surface area (Å²) in [4.78, 5) is 20.7. The van der Waals surface area contributed by atoms with Gasteiger partial charge in [-0.05, 0) is 36.2 Å². The fraction of sp³-hybridized carbons (Fsp3) is 0.333. The van der Waals surface area contributed by atoms with Gasteiger partial charge in [0.15, 0.2) is 0 Å². The predicted molar refractivity (Wildman–Crippen MR) is 87.9 cm³/mol. The van der Waals surface area contributed by atoms with Crippen LogP contribution in [0, 0.1) is 6.92 Å². The lowest BCUT2D eigenvalue weighted by Gasteiger charge is -2.36. The molecular weight excluding hydrogens is 274 g/mol. The van der Waals surface area contributed by atoms with Crippen molar-refractivity contribution in [2.45, 2.75) is 13.3 Å². The monoisotopic (exact) mass is 295 g/mol. The summed E-state index contributed by atoms with van der Waals surface area (Å²) in [5.74, 6) is 0.192. The molecule has 2 aromatic rings. The van der Waals surface area contributed by atoms with E-state index in [0.717, 1.165) is 31.7 Å². The molecule has 1 aliphatic heterocycles. The second kappa shape index (κ2) is 6.60. The molecule has 22 heavy (non-hydrogen) atoms. The zero-order valence-electron chi connectivity index (χ0n) is 12.9. The van der Waals surface area contributed by atoms with Crippen LogP contribution in [0.4, 0.5) is 5.69 Å². The first-order valence-electron chi connectivity index (χ1n) is 7.71. The molecule has 0 radical (unpaired) electrons. The standard InChI is InChI=1S/C18H21N3O/c1-15-4-2-6-17(12-15)20-8-10-21(11-9-20)18(22)13-16-5-3-7-19-14-16/h2-7,12,14H,8-11,13H2,1H3. The first-order valence-corrected chi connectivity index (χ1v) is 7.71. The van der Waals surface area contributed by atoms with E-state index in [4.69, 9.17) is 0 Å². The van der Waals surface area contributed by atoms with E-state index in [1.165, 1.54) is 11.3 Å². The number of carbonyl (C=O) groups excluding carboxylic acids is 1. The number of rotatable bonds is 3. The second-order valence-corrected chi connectivity index (χ2v) is 5.74. The first kappa shape index (κ1) is 14.6. The van der Waals surface area contributed by atoms with Crippen molar-refractivity contribution in [3.63, 3.8) is 0 Å². The van der Waals surface area contributed by atoms with Crippen molar-refractivity contribution in [3.8, 4) is 0 Å². The number of aromatic nitrogens is 1. The molecule has 4 heteroatoms. The number of hydrogen-bond donors (Lipinski definition) is 0. The summed E-state index contributed by atoms with van der Waals surface area (Å²) in [6, 6.07) is 12.4. The van der Waals surface area contributed by atoms with Gasteiger partial charge in [-0.25, -0.2) is 0 Å². The Labute approximate surface area is 131 Å². The van der Waals surface area contributed by atoms with Gasteiger partial charge in [0, 0.05) is 44.3 Å². The Morgan fingerprint density at radius 1 is 1.14 bits per heavy atom. The maximum Gasteiger partial charge on any atom is 0.227 e. The Kier molecular flexibility index (Phi) is 4.37. The maximum absolute atomic E-state index is 12.3. The Bertz CT molecular complexity index is 634. The highest BCUT2D eigenvalue weighted by molar-refractivity contribution is 5.79. The number of aryl methyl sites for hydroxylation is 1. The van der Waals surface area contributed by atoms with Crippen molar-refractivity contribution >= 4 is 11.6 Å². The summed E-state index contributed by atoms with van der Waals surface area (Å²) in [5.41, 5.74) is 3.50. The minimum atomic E-state index is 0.192. The summed E-state index contributed by atoms with van der Waals surface area (Å²) < 4.78 is 0. The highest BCUT2D eigenvalue weighted by atomic mass is 16.2. The molecule has 0 unspecified atom stereocenters. The number of hydrogen-bond acceptors (Lipinski definition) is 3. The molecule has 0 atom stereocenters. The predicted octanol–water partition coefficient (Wildman–Crippen LogP) is 2.28. The van der Waals surface area contributed by atoms with Gasteiger partial charge in [-0.2, -0.15) is 0 Å². The lowest BCUT2D eigenvalue weighted by atomic mass is 10.1. The summed E-state index contributed by atoms with van der Waals surface area (Å²) >= 11 is 0. The molecule has 2 heterocycles. The molecule has 0 spiro atoms. The third kappa shape index (κ3) is 3.45. The Hall–Kier alpha value is -2.36. The van der Waals surface area contributed by atoms with E-state index in [9.17, 15) is 4.79 Å². The smallest absolute Gasteiger partial charge is 0.227 e. The first-order chi connectivity index (χ1) is 10.7. The summed E-state index contributed by atoms with van der Waals surface area (Å²) in [6.07, 6.45) is 3.94.